The van der Waals surface area contributed by atoms with Crippen LogP contribution < -0.4 is 10.7 Å². The summed E-state index contributed by atoms with van der Waals surface area (Å²) in [6.07, 6.45) is 0.265. The van der Waals surface area contributed by atoms with Gasteiger partial charge in [-0.1, -0.05) is 54.6 Å². The largest absolute Gasteiger partial charge is 0.456 e. The molecule has 0 aliphatic rings. The lowest BCUT2D eigenvalue weighted by Gasteiger charge is -2.09. The second-order valence-electron chi connectivity index (χ2n) is 7.00. The Morgan fingerprint density at radius 3 is 2.38 bits per heavy atom. The number of para-hydroxylation sites is 1. The number of carbonyl (C=O) groups is 1. The van der Waals surface area contributed by atoms with E-state index in [1.54, 1.807) is 30.3 Å². The van der Waals surface area contributed by atoms with E-state index < -0.39 is 0 Å². The lowest BCUT2D eigenvalue weighted by molar-refractivity contribution is -0.115. The predicted octanol–water partition coefficient (Wildman–Crippen LogP) is 5.28. The molecule has 0 radical (unpaired) electrons. The molecule has 1 N–H and O–H groups in total. The average molecular weight is 379 g/mol. The third-order valence-corrected chi connectivity index (χ3v) is 5.09. The van der Waals surface area contributed by atoms with Crippen molar-refractivity contribution < 1.29 is 9.21 Å². The fourth-order valence-electron chi connectivity index (χ4n) is 3.70. The van der Waals surface area contributed by atoms with Crippen molar-refractivity contribution in [2.75, 3.05) is 5.32 Å². The van der Waals surface area contributed by atoms with Crippen molar-refractivity contribution in [3.63, 3.8) is 0 Å². The molecule has 0 atom stereocenters. The van der Waals surface area contributed by atoms with Crippen molar-refractivity contribution in [1.82, 2.24) is 0 Å². The number of rotatable bonds is 3. The van der Waals surface area contributed by atoms with Crippen LogP contribution in [0.25, 0.3) is 32.7 Å². The second kappa shape index (κ2) is 6.91. The van der Waals surface area contributed by atoms with Crippen LogP contribution in [0, 0.1) is 0 Å². The van der Waals surface area contributed by atoms with Gasteiger partial charge >= 0.3 is 0 Å². The van der Waals surface area contributed by atoms with E-state index in [4.69, 9.17) is 4.42 Å². The summed E-state index contributed by atoms with van der Waals surface area (Å²) >= 11 is 0. The maximum absolute atomic E-state index is 12.6. The molecule has 0 spiro atoms. The number of benzene rings is 4. The van der Waals surface area contributed by atoms with Gasteiger partial charge in [0, 0.05) is 11.8 Å². The topological polar surface area (TPSA) is 59.3 Å². The van der Waals surface area contributed by atoms with E-state index in [2.05, 4.69) is 5.32 Å². The van der Waals surface area contributed by atoms with E-state index in [-0.39, 0.29) is 17.8 Å². The molecule has 0 saturated carbocycles. The molecule has 5 rings (SSSR count). The molecule has 0 aliphatic carbocycles. The number of hydrogen-bond donors (Lipinski definition) is 1. The zero-order chi connectivity index (χ0) is 19.8. The quantitative estimate of drug-likeness (QED) is 0.434. The summed E-state index contributed by atoms with van der Waals surface area (Å²) in [5.41, 5.74) is 2.48. The van der Waals surface area contributed by atoms with Gasteiger partial charge in [0.05, 0.1) is 17.2 Å². The number of nitrogens with one attached hydrogen (secondary N) is 1. The smallest absolute Gasteiger partial charge is 0.228 e. The maximum atomic E-state index is 12.6. The molecular formula is C25H17NO3. The SMILES string of the molecule is O=C(Cc1cccc2ccccc12)Nc1ccc2c(=O)c3ccccc3oc2c1. The molecule has 1 heterocycles. The van der Waals surface area contributed by atoms with E-state index in [0.717, 1.165) is 16.3 Å². The van der Waals surface area contributed by atoms with Crippen LogP contribution in [0.1, 0.15) is 5.56 Å². The first-order valence-corrected chi connectivity index (χ1v) is 9.41. The van der Waals surface area contributed by atoms with Gasteiger partial charge in [-0.15, -0.1) is 0 Å². The fourth-order valence-corrected chi connectivity index (χ4v) is 3.70. The molecule has 0 unspecified atom stereocenters. The van der Waals surface area contributed by atoms with Gasteiger partial charge in [-0.2, -0.15) is 0 Å². The van der Waals surface area contributed by atoms with Crippen LogP contribution in [-0.2, 0) is 11.2 Å². The Balaban J connectivity index is 1.46. The minimum atomic E-state index is -0.121. The summed E-state index contributed by atoms with van der Waals surface area (Å²) in [7, 11) is 0. The number of fused-ring (bicyclic) bond motifs is 3. The highest BCUT2D eigenvalue weighted by Crippen LogP contribution is 2.23. The molecule has 140 valence electrons. The first kappa shape index (κ1) is 17.2. The zero-order valence-corrected chi connectivity index (χ0v) is 15.5. The first-order chi connectivity index (χ1) is 14.2. The highest BCUT2D eigenvalue weighted by molar-refractivity contribution is 5.98. The molecule has 0 bridgehead atoms. The Hall–Kier alpha value is -3.92. The van der Waals surface area contributed by atoms with Crippen LogP contribution in [0.3, 0.4) is 0 Å². The van der Waals surface area contributed by atoms with Gasteiger partial charge < -0.3 is 9.73 Å². The molecule has 4 nitrogen and oxygen atoms in total. The van der Waals surface area contributed by atoms with Crippen molar-refractivity contribution >= 4 is 44.3 Å². The average Bonchev–Trinajstić information content (AvgIpc) is 2.74. The van der Waals surface area contributed by atoms with Crippen molar-refractivity contribution in [1.29, 1.82) is 0 Å². The Kier molecular flexibility index (Phi) is 4.10. The van der Waals surface area contributed by atoms with E-state index >= 15 is 0 Å². The van der Waals surface area contributed by atoms with Crippen LogP contribution in [0.15, 0.2) is 94.1 Å². The third kappa shape index (κ3) is 3.15. The van der Waals surface area contributed by atoms with E-state index in [1.807, 2.05) is 54.6 Å². The highest BCUT2D eigenvalue weighted by atomic mass is 16.3. The summed E-state index contributed by atoms with van der Waals surface area (Å²) in [5.74, 6) is -0.121. The number of hydrogen-bond acceptors (Lipinski definition) is 3. The third-order valence-electron chi connectivity index (χ3n) is 5.09. The number of amides is 1. The van der Waals surface area contributed by atoms with Crippen molar-refractivity contribution in [2.24, 2.45) is 0 Å². The van der Waals surface area contributed by atoms with Gasteiger partial charge in [-0.25, -0.2) is 0 Å². The molecule has 4 aromatic carbocycles. The molecule has 1 amide bonds. The summed E-state index contributed by atoms with van der Waals surface area (Å²) < 4.78 is 5.87. The highest BCUT2D eigenvalue weighted by Gasteiger charge is 2.11. The molecule has 29 heavy (non-hydrogen) atoms. The van der Waals surface area contributed by atoms with Gasteiger partial charge in [-0.05, 0) is 40.6 Å². The van der Waals surface area contributed by atoms with E-state index in [0.29, 0.717) is 27.6 Å². The van der Waals surface area contributed by atoms with E-state index in [1.165, 1.54) is 0 Å². The molecule has 0 fully saturated rings. The van der Waals surface area contributed by atoms with Gasteiger partial charge in [0.2, 0.25) is 11.3 Å². The summed E-state index contributed by atoms with van der Waals surface area (Å²) in [4.78, 5) is 25.3. The van der Waals surface area contributed by atoms with Crippen molar-refractivity contribution in [3.8, 4) is 0 Å². The first-order valence-electron chi connectivity index (χ1n) is 9.41. The van der Waals surface area contributed by atoms with Gasteiger partial charge in [0.15, 0.2) is 0 Å². The molecular weight excluding hydrogens is 362 g/mol. The van der Waals surface area contributed by atoms with Crippen molar-refractivity contribution in [3.05, 3.63) is 101 Å². The Morgan fingerprint density at radius 2 is 1.48 bits per heavy atom. The minimum absolute atomic E-state index is 0.0736. The Labute approximate surface area is 166 Å². The maximum Gasteiger partial charge on any atom is 0.228 e. The zero-order valence-electron chi connectivity index (χ0n) is 15.5. The Bertz CT molecular complexity index is 1440. The van der Waals surface area contributed by atoms with Gasteiger partial charge in [0.25, 0.3) is 0 Å². The monoisotopic (exact) mass is 379 g/mol. The van der Waals surface area contributed by atoms with Gasteiger partial charge in [0.1, 0.15) is 11.2 Å². The second-order valence-corrected chi connectivity index (χ2v) is 7.00. The van der Waals surface area contributed by atoms with Crippen LogP contribution in [0.5, 0.6) is 0 Å². The molecule has 0 aliphatic heterocycles. The summed E-state index contributed by atoms with van der Waals surface area (Å²) in [5, 5.41) is 6.14. The number of anilines is 1. The van der Waals surface area contributed by atoms with Crippen LogP contribution in [0.2, 0.25) is 0 Å². The molecule has 0 saturated heterocycles. The lowest BCUT2D eigenvalue weighted by atomic mass is 10.0. The minimum Gasteiger partial charge on any atom is -0.456 e. The fraction of sp³-hybridized carbons (Fsp3) is 0.0400. The molecule has 4 heteroatoms. The lowest BCUT2D eigenvalue weighted by Crippen LogP contribution is -2.14. The predicted molar refractivity (Wildman–Crippen MR) is 116 cm³/mol. The van der Waals surface area contributed by atoms with Crippen LogP contribution in [0.4, 0.5) is 5.69 Å². The van der Waals surface area contributed by atoms with Crippen LogP contribution >= 0.6 is 0 Å². The summed E-state index contributed by atoms with van der Waals surface area (Å²) in [6.45, 7) is 0. The Morgan fingerprint density at radius 1 is 0.759 bits per heavy atom. The standard InChI is InChI=1S/C25H17NO3/c27-24(14-17-8-5-7-16-6-1-2-9-19(16)17)26-18-12-13-21-23(15-18)29-22-11-4-3-10-20(22)25(21)28/h1-13,15H,14H2,(H,26,27). The van der Waals surface area contributed by atoms with Crippen molar-refractivity contribution in [2.45, 2.75) is 6.42 Å². The molecule has 1 aromatic heterocycles. The number of carbonyl (C=O) groups excluding carboxylic acids is 1. The van der Waals surface area contributed by atoms with Crippen LogP contribution in [-0.4, -0.2) is 5.91 Å². The molecule has 5 aromatic rings. The van der Waals surface area contributed by atoms with E-state index in [9.17, 15) is 9.59 Å². The van der Waals surface area contributed by atoms with Gasteiger partial charge in [-0.3, -0.25) is 9.59 Å². The normalized spacial score (nSPS) is 11.2. The summed E-state index contributed by atoms with van der Waals surface area (Å²) in [6, 6.07) is 26.3.